The van der Waals surface area contributed by atoms with Gasteiger partial charge in [-0.25, -0.2) is 0 Å². The maximum absolute atomic E-state index is 12.6. The molecular weight excluding hydrogens is 462 g/mol. The van der Waals surface area contributed by atoms with Crippen LogP contribution in [0.4, 0.5) is 0 Å². The Hall–Kier alpha value is -3.04. The number of carbonyl (C=O) groups excluding carboxylic acids is 1. The first kappa shape index (κ1) is 21.8. The molecule has 170 valence electrons. The number of hydrogen-bond acceptors (Lipinski definition) is 7. The molecule has 8 nitrogen and oxygen atoms in total. The number of rotatable bonds is 5. The average Bonchev–Trinajstić information content (AvgIpc) is 3.39. The monoisotopic (exact) mass is 483 g/mol. The van der Waals surface area contributed by atoms with Crippen molar-refractivity contribution in [3.8, 4) is 11.5 Å². The summed E-state index contributed by atoms with van der Waals surface area (Å²) in [6.07, 6.45) is 5.07. The molecule has 2 aliphatic heterocycles. The van der Waals surface area contributed by atoms with Crippen LogP contribution in [0.15, 0.2) is 52.3 Å². The summed E-state index contributed by atoms with van der Waals surface area (Å²) in [6, 6.07) is 11.7. The lowest BCUT2D eigenvalue weighted by molar-refractivity contribution is -0.127. The molecule has 3 heterocycles. The molecule has 0 bridgehead atoms. The van der Waals surface area contributed by atoms with Crippen molar-refractivity contribution >= 4 is 35.3 Å². The lowest BCUT2D eigenvalue weighted by atomic mass is 9.96. The lowest BCUT2D eigenvalue weighted by Crippen LogP contribution is -2.37. The molecule has 0 aliphatic carbocycles. The standard InChI is InChI=1S/C23H22ClN5O3S/c24-18-13-15(1-5-21(18)33-17-3-4-19-20(14-17)32-12-11-31-19)2-6-22(30)29-9-7-16(8-10-29)23-25-27-28-26-23/h1-6,13-14,16H,7-12H2,(H,25,26,27,28)/b6-2+. The summed E-state index contributed by atoms with van der Waals surface area (Å²) < 4.78 is 11.2. The third-order valence-corrected chi connectivity index (χ3v) is 7.14. The molecule has 1 amide bonds. The van der Waals surface area contributed by atoms with E-state index in [1.807, 2.05) is 41.3 Å². The van der Waals surface area contributed by atoms with E-state index in [0.717, 1.165) is 45.5 Å². The first-order valence-electron chi connectivity index (χ1n) is 10.7. The number of nitrogens with one attached hydrogen (secondary N) is 1. The van der Waals surface area contributed by atoms with E-state index in [9.17, 15) is 4.79 Å². The molecule has 3 aromatic rings. The molecule has 0 spiro atoms. The van der Waals surface area contributed by atoms with Crippen molar-refractivity contribution in [2.45, 2.75) is 28.6 Å². The molecule has 5 rings (SSSR count). The lowest BCUT2D eigenvalue weighted by Gasteiger charge is -2.29. The summed E-state index contributed by atoms with van der Waals surface area (Å²) in [7, 11) is 0. The first-order valence-corrected chi connectivity index (χ1v) is 11.9. The maximum atomic E-state index is 12.6. The Morgan fingerprint density at radius 3 is 2.70 bits per heavy atom. The molecular formula is C23H22ClN5O3S. The molecule has 0 unspecified atom stereocenters. The summed E-state index contributed by atoms with van der Waals surface area (Å²) in [5.41, 5.74) is 0.876. The number of H-pyrrole nitrogens is 1. The van der Waals surface area contributed by atoms with Crippen LogP contribution in [0.2, 0.25) is 5.02 Å². The minimum Gasteiger partial charge on any atom is -0.486 e. The van der Waals surface area contributed by atoms with Gasteiger partial charge in [-0.05, 0) is 54.8 Å². The fourth-order valence-corrected chi connectivity index (χ4v) is 5.04. The van der Waals surface area contributed by atoms with E-state index in [1.165, 1.54) is 0 Å². The number of halogens is 1. The van der Waals surface area contributed by atoms with E-state index in [4.69, 9.17) is 21.1 Å². The van der Waals surface area contributed by atoms with E-state index >= 15 is 0 Å². The Bertz CT molecular complexity index is 1160. The number of carbonyl (C=O) groups is 1. The van der Waals surface area contributed by atoms with Crippen molar-refractivity contribution in [2.75, 3.05) is 26.3 Å². The Kier molecular flexibility index (Phi) is 6.50. The number of nitrogens with zero attached hydrogens (tertiary/aromatic N) is 4. The average molecular weight is 484 g/mol. The summed E-state index contributed by atoms with van der Waals surface area (Å²) in [5.74, 6) is 2.48. The Morgan fingerprint density at radius 2 is 1.94 bits per heavy atom. The molecule has 1 fully saturated rings. The van der Waals surface area contributed by atoms with Gasteiger partial charge in [0.2, 0.25) is 5.91 Å². The van der Waals surface area contributed by atoms with Gasteiger partial charge in [-0.3, -0.25) is 4.79 Å². The number of aromatic nitrogens is 4. The third kappa shape index (κ3) is 5.15. The predicted octanol–water partition coefficient (Wildman–Crippen LogP) is 4.19. The zero-order valence-electron chi connectivity index (χ0n) is 17.7. The van der Waals surface area contributed by atoms with E-state index in [0.29, 0.717) is 31.3 Å². The van der Waals surface area contributed by atoms with Crippen molar-refractivity contribution in [2.24, 2.45) is 0 Å². The highest BCUT2D eigenvalue weighted by Gasteiger charge is 2.25. The highest BCUT2D eigenvalue weighted by molar-refractivity contribution is 7.99. The summed E-state index contributed by atoms with van der Waals surface area (Å²) in [4.78, 5) is 16.4. The molecule has 0 atom stereocenters. The highest BCUT2D eigenvalue weighted by Crippen LogP contribution is 2.39. The van der Waals surface area contributed by atoms with Crippen molar-refractivity contribution < 1.29 is 14.3 Å². The molecule has 10 heteroatoms. The molecule has 1 N–H and O–H groups in total. The SMILES string of the molecule is O=C(/C=C/c1ccc(Sc2ccc3c(c2)OCCO3)c(Cl)c1)N1CCC(c2nn[nH]n2)CC1. The zero-order valence-corrected chi connectivity index (χ0v) is 19.3. The maximum Gasteiger partial charge on any atom is 0.246 e. The molecule has 2 aliphatic rings. The Morgan fingerprint density at radius 1 is 1.12 bits per heavy atom. The number of aromatic amines is 1. The van der Waals surface area contributed by atoms with Gasteiger partial charge in [-0.1, -0.05) is 34.6 Å². The quantitative estimate of drug-likeness (QED) is 0.543. The topological polar surface area (TPSA) is 93.2 Å². The molecule has 33 heavy (non-hydrogen) atoms. The minimum absolute atomic E-state index is 0.00702. The zero-order chi connectivity index (χ0) is 22.6. The van der Waals surface area contributed by atoms with Gasteiger partial charge in [0, 0.05) is 34.9 Å². The van der Waals surface area contributed by atoms with Crippen molar-refractivity contribution in [3.63, 3.8) is 0 Å². The first-order chi connectivity index (χ1) is 16.2. The fourth-order valence-electron chi connectivity index (χ4n) is 3.89. The summed E-state index contributed by atoms with van der Waals surface area (Å²) in [6.45, 7) is 2.47. The number of ether oxygens (including phenoxy) is 2. The molecule has 2 aromatic carbocycles. The van der Waals surface area contributed by atoms with Gasteiger partial charge in [0.25, 0.3) is 0 Å². The van der Waals surface area contributed by atoms with Crippen molar-refractivity contribution in [1.29, 1.82) is 0 Å². The minimum atomic E-state index is -0.00702. The van der Waals surface area contributed by atoms with Crippen LogP contribution in [0.1, 0.15) is 30.1 Å². The van der Waals surface area contributed by atoms with E-state index < -0.39 is 0 Å². The van der Waals surface area contributed by atoms with Crippen LogP contribution in [0, 0.1) is 0 Å². The number of likely N-dealkylation sites (tertiary alicyclic amines) is 1. The largest absolute Gasteiger partial charge is 0.486 e. The summed E-state index contributed by atoms with van der Waals surface area (Å²) >= 11 is 8.08. The van der Waals surface area contributed by atoms with Crippen molar-refractivity contribution in [1.82, 2.24) is 25.5 Å². The predicted molar refractivity (Wildman–Crippen MR) is 125 cm³/mol. The number of tetrazole rings is 1. The van der Waals surface area contributed by atoms with E-state index in [1.54, 1.807) is 23.9 Å². The Balaban J connectivity index is 1.18. The van der Waals surface area contributed by atoms with Crippen LogP contribution in [-0.2, 0) is 4.79 Å². The number of piperidine rings is 1. The van der Waals surface area contributed by atoms with Crippen molar-refractivity contribution in [3.05, 3.63) is 58.9 Å². The van der Waals surface area contributed by atoms with E-state index in [-0.39, 0.29) is 11.8 Å². The van der Waals surface area contributed by atoms with Crippen LogP contribution in [-0.4, -0.2) is 57.7 Å². The van der Waals surface area contributed by atoms with Crippen LogP contribution in [0.25, 0.3) is 6.08 Å². The normalized spacial score (nSPS) is 16.3. The summed E-state index contributed by atoms with van der Waals surface area (Å²) in [5, 5.41) is 14.8. The fraction of sp³-hybridized carbons (Fsp3) is 0.304. The van der Waals surface area contributed by atoms with E-state index in [2.05, 4.69) is 20.6 Å². The highest BCUT2D eigenvalue weighted by atomic mass is 35.5. The number of benzene rings is 2. The molecule has 1 aromatic heterocycles. The molecule has 0 radical (unpaired) electrons. The van der Waals surface area contributed by atoms with Crippen LogP contribution < -0.4 is 9.47 Å². The second-order valence-electron chi connectivity index (χ2n) is 7.80. The Labute approximate surface area is 200 Å². The van der Waals surface area contributed by atoms with Gasteiger partial charge in [0.15, 0.2) is 17.3 Å². The van der Waals surface area contributed by atoms with Gasteiger partial charge >= 0.3 is 0 Å². The molecule has 1 saturated heterocycles. The van der Waals surface area contributed by atoms with Gasteiger partial charge in [-0.15, -0.1) is 10.2 Å². The number of amides is 1. The van der Waals surface area contributed by atoms with Gasteiger partial charge < -0.3 is 14.4 Å². The molecule has 0 saturated carbocycles. The number of hydrogen-bond donors (Lipinski definition) is 1. The smallest absolute Gasteiger partial charge is 0.246 e. The van der Waals surface area contributed by atoms with Crippen LogP contribution >= 0.6 is 23.4 Å². The second-order valence-corrected chi connectivity index (χ2v) is 9.32. The van der Waals surface area contributed by atoms with Crippen LogP contribution in [0.5, 0.6) is 11.5 Å². The number of fused-ring (bicyclic) bond motifs is 1. The second kappa shape index (κ2) is 9.84. The van der Waals surface area contributed by atoms with Gasteiger partial charge in [0.05, 0.1) is 5.02 Å². The van der Waals surface area contributed by atoms with Gasteiger partial charge in [-0.2, -0.15) is 5.21 Å². The third-order valence-electron chi connectivity index (χ3n) is 5.65. The van der Waals surface area contributed by atoms with Crippen LogP contribution in [0.3, 0.4) is 0 Å². The van der Waals surface area contributed by atoms with Gasteiger partial charge in [0.1, 0.15) is 13.2 Å².